The molecular weight excluding hydrogens is 334 g/mol. The second kappa shape index (κ2) is 8.31. The Morgan fingerprint density at radius 3 is 2.08 bits per heavy atom. The molecule has 1 aliphatic carbocycles. The van der Waals surface area contributed by atoms with E-state index >= 15 is 0 Å². The van der Waals surface area contributed by atoms with E-state index < -0.39 is 17.4 Å². The van der Waals surface area contributed by atoms with Gasteiger partial charge < -0.3 is 10.1 Å². The minimum Gasteiger partial charge on any atom is -0.460 e. The third-order valence-corrected chi connectivity index (χ3v) is 4.44. The molecule has 26 heavy (non-hydrogen) atoms. The summed E-state index contributed by atoms with van der Waals surface area (Å²) in [6.45, 7) is 5.65. The molecule has 7 heteroatoms. The topological polar surface area (TPSA) is 111 Å². The van der Waals surface area contributed by atoms with Crippen LogP contribution in [0.15, 0.2) is 24.3 Å². The molecule has 0 bridgehead atoms. The lowest BCUT2D eigenvalue weighted by Crippen LogP contribution is -2.39. The van der Waals surface area contributed by atoms with Crippen LogP contribution in [0.5, 0.6) is 0 Å². The Hall–Kier alpha value is -2.41. The van der Waals surface area contributed by atoms with Crippen molar-refractivity contribution in [1.82, 2.24) is 5.43 Å². The highest BCUT2D eigenvalue weighted by Crippen LogP contribution is 2.37. The molecule has 142 valence electrons. The summed E-state index contributed by atoms with van der Waals surface area (Å²) in [7, 11) is 0. The predicted octanol–water partition coefficient (Wildman–Crippen LogP) is 2.23. The molecular formula is C19H27N3O4. The third-order valence-electron chi connectivity index (χ3n) is 4.44. The molecule has 4 N–H and O–H groups in total. The van der Waals surface area contributed by atoms with Gasteiger partial charge in [-0.25, -0.2) is 5.84 Å². The Kier molecular flexibility index (Phi) is 6.37. The Bertz CT molecular complexity index is 656. The highest BCUT2D eigenvalue weighted by Gasteiger charge is 2.30. The van der Waals surface area contributed by atoms with E-state index in [4.69, 9.17) is 10.6 Å². The average Bonchev–Trinajstić information content (AvgIpc) is 2.60. The number of carbonyl (C=O) groups excluding carboxylic acids is 3. The van der Waals surface area contributed by atoms with E-state index in [9.17, 15) is 14.4 Å². The molecule has 1 aromatic carbocycles. The monoisotopic (exact) mass is 361 g/mol. The number of hydrazine groups is 1. The summed E-state index contributed by atoms with van der Waals surface area (Å²) >= 11 is 0. The summed E-state index contributed by atoms with van der Waals surface area (Å²) in [5, 5.41) is 2.47. The van der Waals surface area contributed by atoms with Crippen LogP contribution in [0.1, 0.15) is 57.9 Å². The average molecular weight is 361 g/mol. The van der Waals surface area contributed by atoms with E-state index in [0.29, 0.717) is 11.6 Å². The van der Waals surface area contributed by atoms with E-state index in [1.165, 1.54) is 0 Å². The van der Waals surface area contributed by atoms with E-state index in [1.54, 1.807) is 17.6 Å². The van der Waals surface area contributed by atoms with Crippen molar-refractivity contribution >= 4 is 23.5 Å². The maximum Gasteiger partial charge on any atom is 0.323 e. The van der Waals surface area contributed by atoms with Crippen LogP contribution in [0.25, 0.3) is 0 Å². The van der Waals surface area contributed by atoms with E-state index in [-0.39, 0.29) is 11.9 Å². The van der Waals surface area contributed by atoms with E-state index in [1.807, 2.05) is 32.9 Å². The number of nitrogens with one attached hydrogen (secondary N) is 2. The molecule has 1 aliphatic rings. The molecule has 7 nitrogen and oxygen atoms in total. The number of hydrogen-bond acceptors (Lipinski definition) is 5. The van der Waals surface area contributed by atoms with Gasteiger partial charge in [-0.1, -0.05) is 12.1 Å². The predicted molar refractivity (Wildman–Crippen MR) is 97.9 cm³/mol. The zero-order valence-electron chi connectivity index (χ0n) is 15.5. The first-order valence-electron chi connectivity index (χ1n) is 8.84. The maximum atomic E-state index is 12.2. The minimum atomic E-state index is -0.894. The van der Waals surface area contributed by atoms with Gasteiger partial charge in [-0.2, -0.15) is 0 Å². The van der Waals surface area contributed by atoms with Crippen LogP contribution in [0.3, 0.4) is 0 Å². The minimum absolute atomic E-state index is 0.0289. The van der Waals surface area contributed by atoms with E-state index in [0.717, 1.165) is 31.2 Å². The molecule has 1 fully saturated rings. The van der Waals surface area contributed by atoms with Crippen molar-refractivity contribution in [2.45, 2.75) is 58.0 Å². The lowest BCUT2D eigenvalue weighted by atomic mass is 9.78. The third kappa shape index (κ3) is 5.56. The van der Waals surface area contributed by atoms with Crippen molar-refractivity contribution in [2.24, 2.45) is 11.8 Å². The molecule has 0 heterocycles. The highest BCUT2D eigenvalue weighted by atomic mass is 16.6. The molecule has 2 amide bonds. The molecule has 0 radical (unpaired) electrons. The number of nitrogens with two attached hydrogens (primary N) is 1. The van der Waals surface area contributed by atoms with Gasteiger partial charge in [0.2, 0.25) is 0 Å². The number of benzene rings is 1. The lowest BCUT2D eigenvalue weighted by Gasteiger charge is -2.30. The van der Waals surface area contributed by atoms with Crippen molar-refractivity contribution in [3.05, 3.63) is 29.8 Å². The van der Waals surface area contributed by atoms with Gasteiger partial charge in [0.05, 0.1) is 5.92 Å². The number of hydrogen-bond donors (Lipinski definition) is 3. The smallest absolute Gasteiger partial charge is 0.323 e. The molecule has 2 rings (SSSR count). The first kappa shape index (κ1) is 19.9. The Labute approximate surface area is 153 Å². The number of carbonyl (C=O) groups is 3. The SMILES string of the molecule is CC(C)(C)OC(=O)[C@H]1CC[C@H](c2ccc(NC(=O)C(=O)NN)cc2)CC1. The van der Waals surface area contributed by atoms with Crippen LogP contribution >= 0.6 is 0 Å². The van der Waals surface area contributed by atoms with Gasteiger partial charge in [0.15, 0.2) is 0 Å². The maximum absolute atomic E-state index is 12.2. The summed E-state index contributed by atoms with van der Waals surface area (Å²) in [5.41, 5.74) is 3.03. The molecule has 0 aliphatic heterocycles. The Balaban J connectivity index is 1.88. The largest absolute Gasteiger partial charge is 0.460 e. The lowest BCUT2D eigenvalue weighted by molar-refractivity contribution is -0.161. The first-order chi connectivity index (χ1) is 12.2. The zero-order chi connectivity index (χ0) is 19.3. The van der Waals surface area contributed by atoms with Gasteiger partial charge in [-0.3, -0.25) is 19.8 Å². The fraction of sp³-hybridized carbons (Fsp3) is 0.526. The number of esters is 1. The van der Waals surface area contributed by atoms with Gasteiger partial charge in [-0.15, -0.1) is 0 Å². The summed E-state index contributed by atoms with van der Waals surface area (Å²) in [6.07, 6.45) is 3.47. The molecule has 0 unspecified atom stereocenters. The van der Waals surface area contributed by atoms with Gasteiger partial charge in [0.25, 0.3) is 0 Å². The van der Waals surface area contributed by atoms with Crippen molar-refractivity contribution < 1.29 is 19.1 Å². The quantitative estimate of drug-likeness (QED) is 0.251. The standard InChI is InChI=1S/C19H27N3O4/c1-19(2,3)26-18(25)14-6-4-12(5-7-14)13-8-10-15(11-9-13)21-16(23)17(24)22-20/h8-12,14H,4-7,20H2,1-3H3,(H,21,23)(H,22,24)/t12-,14-. The number of ether oxygens (including phenoxy) is 1. The summed E-state index contributed by atoms with van der Waals surface area (Å²) in [6, 6.07) is 7.40. The van der Waals surface area contributed by atoms with Crippen LogP contribution in [0.2, 0.25) is 0 Å². The summed E-state index contributed by atoms with van der Waals surface area (Å²) in [4.78, 5) is 34.8. The molecule has 0 atom stereocenters. The summed E-state index contributed by atoms with van der Waals surface area (Å²) in [5.74, 6) is 3.47. The van der Waals surface area contributed by atoms with Crippen molar-refractivity contribution in [3.63, 3.8) is 0 Å². The van der Waals surface area contributed by atoms with Crippen molar-refractivity contribution in [2.75, 3.05) is 5.32 Å². The summed E-state index contributed by atoms with van der Waals surface area (Å²) < 4.78 is 5.48. The zero-order valence-corrected chi connectivity index (χ0v) is 15.5. The first-order valence-corrected chi connectivity index (χ1v) is 8.84. The fourth-order valence-corrected chi connectivity index (χ4v) is 3.14. The normalized spacial score (nSPS) is 20.2. The second-order valence-electron chi connectivity index (χ2n) is 7.63. The molecule has 1 saturated carbocycles. The Morgan fingerprint density at radius 1 is 1.00 bits per heavy atom. The van der Waals surface area contributed by atoms with Gasteiger partial charge in [0.1, 0.15) is 5.60 Å². The molecule has 0 aromatic heterocycles. The molecule has 0 saturated heterocycles. The Morgan fingerprint density at radius 2 is 1.58 bits per heavy atom. The van der Waals surface area contributed by atoms with Crippen LogP contribution < -0.4 is 16.6 Å². The fourth-order valence-electron chi connectivity index (χ4n) is 3.14. The number of anilines is 1. The van der Waals surface area contributed by atoms with Crippen LogP contribution in [0, 0.1) is 5.92 Å². The second-order valence-corrected chi connectivity index (χ2v) is 7.63. The number of amides is 2. The van der Waals surface area contributed by atoms with Gasteiger partial charge in [0, 0.05) is 5.69 Å². The van der Waals surface area contributed by atoms with Gasteiger partial charge in [-0.05, 0) is 70.1 Å². The van der Waals surface area contributed by atoms with Crippen LogP contribution in [-0.4, -0.2) is 23.4 Å². The van der Waals surface area contributed by atoms with Gasteiger partial charge >= 0.3 is 17.8 Å². The van der Waals surface area contributed by atoms with Crippen molar-refractivity contribution in [3.8, 4) is 0 Å². The number of rotatable bonds is 3. The molecule has 1 aromatic rings. The van der Waals surface area contributed by atoms with Crippen molar-refractivity contribution in [1.29, 1.82) is 0 Å². The van der Waals surface area contributed by atoms with Crippen LogP contribution in [-0.2, 0) is 19.1 Å². The highest BCUT2D eigenvalue weighted by molar-refractivity contribution is 6.39. The molecule has 0 spiro atoms. The van der Waals surface area contributed by atoms with Crippen LogP contribution in [0.4, 0.5) is 5.69 Å². The van der Waals surface area contributed by atoms with E-state index in [2.05, 4.69) is 5.32 Å².